The molecule has 1 aliphatic rings. The second kappa shape index (κ2) is 6.50. The number of nitrogens with two attached hydrogens (primary N) is 1. The molecule has 2 N–H and O–H groups in total. The van der Waals surface area contributed by atoms with Crippen molar-refractivity contribution in [2.24, 2.45) is 5.73 Å². The average Bonchev–Trinajstić information content (AvgIpc) is 2.98. The molecule has 1 heterocycles. The molecular weight excluding hydrogens is 280 g/mol. The van der Waals surface area contributed by atoms with Crippen LogP contribution in [0.5, 0.6) is 0 Å². The first-order valence-electron chi connectivity index (χ1n) is 7.57. The number of anilines is 1. The highest BCUT2D eigenvalue weighted by atomic mass is 35.5. The number of rotatable bonds is 4. The minimum atomic E-state index is 0.591. The highest BCUT2D eigenvalue weighted by Crippen LogP contribution is 2.36. The van der Waals surface area contributed by atoms with E-state index in [4.69, 9.17) is 17.3 Å². The van der Waals surface area contributed by atoms with Crippen molar-refractivity contribution in [3.63, 3.8) is 0 Å². The summed E-state index contributed by atoms with van der Waals surface area (Å²) >= 11 is 6.46. The topological polar surface area (TPSA) is 29.3 Å². The molecule has 1 unspecified atom stereocenters. The van der Waals surface area contributed by atoms with Crippen molar-refractivity contribution in [2.75, 3.05) is 24.5 Å². The van der Waals surface area contributed by atoms with Crippen LogP contribution in [0.1, 0.15) is 23.5 Å². The van der Waals surface area contributed by atoms with E-state index in [1.165, 1.54) is 23.2 Å². The molecule has 0 bridgehead atoms. The van der Waals surface area contributed by atoms with Crippen LogP contribution in [0.2, 0.25) is 5.02 Å². The van der Waals surface area contributed by atoms with Gasteiger partial charge < -0.3 is 10.6 Å². The van der Waals surface area contributed by atoms with E-state index in [1.54, 1.807) is 0 Å². The molecule has 1 saturated heterocycles. The second-order valence-electron chi connectivity index (χ2n) is 5.63. The molecule has 0 amide bonds. The fraction of sp³-hybridized carbons (Fsp3) is 0.333. The van der Waals surface area contributed by atoms with E-state index in [0.717, 1.165) is 24.5 Å². The SMILES string of the molecule is NCCc1cccc(Cl)c1N1CCC(c2ccccc2)C1. The van der Waals surface area contributed by atoms with Gasteiger partial charge in [0.15, 0.2) is 0 Å². The fourth-order valence-electron chi connectivity index (χ4n) is 3.23. The monoisotopic (exact) mass is 300 g/mol. The molecular formula is C18H21ClN2. The van der Waals surface area contributed by atoms with Gasteiger partial charge in [-0.2, -0.15) is 0 Å². The Hall–Kier alpha value is -1.51. The first-order valence-corrected chi connectivity index (χ1v) is 7.94. The number of hydrogen-bond donors (Lipinski definition) is 1. The van der Waals surface area contributed by atoms with Crippen molar-refractivity contribution in [1.29, 1.82) is 0 Å². The highest BCUT2D eigenvalue weighted by Gasteiger charge is 2.26. The maximum absolute atomic E-state index is 6.46. The van der Waals surface area contributed by atoms with Crippen molar-refractivity contribution >= 4 is 17.3 Å². The molecule has 21 heavy (non-hydrogen) atoms. The van der Waals surface area contributed by atoms with E-state index in [1.807, 2.05) is 12.1 Å². The third-order valence-corrected chi connectivity index (χ3v) is 4.56. The minimum Gasteiger partial charge on any atom is -0.369 e. The van der Waals surface area contributed by atoms with Crippen LogP contribution in [-0.4, -0.2) is 19.6 Å². The maximum atomic E-state index is 6.46. The third-order valence-electron chi connectivity index (χ3n) is 4.26. The zero-order valence-corrected chi connectivity index (χ0v) is 12.9. The summed E-state index contributed by atoms with van der Waals surface area (Å²) in [5, 5.41) is 0.842. The van der Waals surface area contributed by atoms with Gasteiger partial charge in [-0.3, -0.25) is 0 Å². The number of benzene rings is 2. The average molecular weight is 301 g/mol. The summed E-state index contributed by atoms with van der Waals surface area (Å²) in [6.45, 7) is 2.75. The van der Waals surface area contributed by atoms with Gasteiger partial charge in [0.25, 0.3) is 0 Å². The van der Waals surface area contributed by atoms with Crippen LogP contribution in [0.15, 0.2) is 48.5 Å². The molecule has 2 aromatic carbocycles. The fourth-order valence-corrected chi connectivity index (χ4v) is 3.55. The predicted octanol–water partition coefficient (Wildman–Crippen LogP) is 3.84. The Balaban J connectivity index is 1.83. The lowest BCUT2D eigenvalue weighted by atomic mass is 9.99. The number of para-hydroxylation sites is 1. The normalized spacial score (nSPS) is 18.2. The minimum absolute atomic E-state index is 0.591. The van der Waals surface area contributed by atoms with Gasteiger partial charge in [-0.25, -0.2) is 0 Å². The zero-order chi connectivity index (χ0) is 14.7. The van der Waals surface area contributed by atoms with Crippen molar-refractivity contribution in [3.05, 3.63) is 64.7 Å². The lowest BCUT2D eigenvalue weighted by Crippen LogP contribution is -2.22. The maximum Gasteiger partial charge on any atom is 0.0642 e. The Bertz CT molecular complexity index is 597. The van der Waals surface area contributed by atoms with Crippen LogP contribution in [0.4, 0.5) is 5.69 Å². The van der Waals surface area contributed by atoms with Gasteiger partial charge in [0.1, 0.15) is 0 Å². The summed E-state index contributed by atoms with van der Waals surface area (Å²) in [6.07, 6.45) is 2.06. The Morgan fingerprint density at radius 2 is 1.90 bits per heavy atom. The van der Waals surface area contributed by atoms with E-state index in [9.17, 15) is 0 Å². The van der Waals surface area contributed by atoms with Crippen LogP contribution in [0, 0.1) is 0 Å². The Morgan fingerprint density at radius 3 is 2.67 bits per heavy atom. The Morgan fingerprint density at radius 1 is 1.10 bits per heavy atom. The Labute approximate surface area is 131 Å². The summed E-state index contributed by atoms with van der Waals surface area (Å²) in [7, 11) is 0. The van der Waals surface area contributed by atoms with E-state index < -0.39 is 0 Å². The first kappa shape index (κ1) is 14.4. The van der Waals surface area contributed by atoms with E-state index >= 15 is 0 Å². The molecule has 1 aliphatic heterocycles. The molecule has 2 nitrogen and oxygen atoms in total. The number of nitrogens with zero attached hydrogens (tertiary/aromatic N) is 1. The van der Waals surface area contributed by atoms with Gasteiger partial charge in [-0.05, 0) is 36.6 Å². The smallest absolute Gasteiger partial charge is 0.0642 e. The van der Waals surface area contributed by atoms with E-state index in [-0.39, 0.29) is 0 Å². The van der Waals surface area contributed by atoms with E-state index in [2.05, 4.69) is 41.3 Å². The van der Waals surface area contributed by atoms with Crippen molar-refractivity contribution in [2.45, 2.75) is 18.8 Å². The molecule has 1 fully saturated rings. The second-order valence-corrected chi connectivity index (χ2v) is 6.04. The van der Waals surface area contributed by atoms with Crippen LogP contribution < -0.4 is 10.6 Å². The summed E-state index contributed by atoms with van der Waals surface area (Å²) in [6, 6.07) is 16.9. The predicted molar refractivity (Wildman–Crippen MR) is 90.2 cm³/mol. The summed E-state index contributed by atoms with van der Waals surface area (Å²) in [5.41, 5.74) is 9.60. The van der Waals surface area contributed by atoms with Crippen LogP contribution >= 0.6 is 11.6 Å². The third kappa shape index (κ3) is 3.07. The largest absolute Gasteiger partial charge is 0.369 e. The summed E-state index contributed by atoms with van der Waals surface area (Å²) < 4.78 is 0. The summed E-state index contributed by atoms with van der Waals surface area (Å²) in [4.78, 5) is 2.42. The lowest BCUT2D eigenvalue weighted by Gasteiger charge is -2.23. The van der Waals surface area contributed by atoms with Crippen molar-refractivity contribution in [3.8, 4) is 0 Å². The van der Waals surface area contributed by atoms with Crippen molar-refractivity contribution < 1.29 is 0 Å². The van der Waals surface area contributed by atoms with Gasteiger partial charge in [0.05, 0.1) is 10.7 Å². The Kier molecular flexibility index (Phi) is 4.47. The first-order chi connectivity index (χ1) is 10.3. The summed E-state index contributed by atoms with van der Waals surface area (Å²) in [5.74, 6) is 0.591. The highest BCUT2D eigenvalue weighted by molar-refractivity contribution is 6.33. The molecule has 0 spiro atoms. The molecule has 2 aromatic rings. The molecule has 0 saturated carbocycles. The zero-order valence-electron chi connectivity index (χ0n) is 12.1. The molecule has 110 valence electrons. The molecule has 0 aliphatic carbocycles. The molecule has 0 aromatic heterocycles. The number of hydrogen-bond acceptors (Lipinski definition) is 2. The standard InChI is InChI=1S/C18H21ClN2/c19-17-8-4-7-15(9-11-20)18(17)21-12-10-16(13-21)14-5-2-1-3-6-14/h1-8,16H,9-13,20H2. The molecule has 0 radical (unpaired) electrons. The molecule has 1 atom stereocenters. The van der Waals surface area contributed by atoms with Gasteiger partial charge in [-0.1, -0.05) is 54.1 Å². The molecule has 3 heteroatoms. The van der Waals surface area contributed by atoms with Crippen LogP contribution in [-0.2, 0) is 6.42 Å². The quantitative estimate of drug-likeness (QED) is 0.929. The van der Waals surface area contributed by atoms with Crippen LogP contribution in [0.25, 0.3) is 0 Å². The van der Waals surface area contributed by atoms with Gasteiger partial charge in [0, 0.05) is 19.0 Å². The lowest BCUT2D eigenvalue weighted by molar-refractivity contribution is 0.775. The van der Waals surface area contributed by atoms with Gasteiger partial charge in [0.2, 0.25) is 0 Å². The van der Waals surface area contributed by atoms with E-state index in [0.29, 0.717) is 12.5 Å². The van der Waals surface area contributed by atoms with Gasteiger partial charge >= 0.3 is 0 Å². The molecule has 3 rings (SSSR count). The number of halogens is 1. The van der Waals surface area contributed by atoms with Crippen molar-refractivity contribution in [1.82, 2.24) is 0 Å². The van der Waals surface area contributed by atoms with Gasteiger partial charge in [-0.15, -0.1) is 0 Å². The van der Waals surface area contributed by atoms with Crippen LogP contribution in [0.3, 0.4) is 0 Å².